The van der Waals surface area contributed by atoms with Crippen LogP contribution in [0.1, 0.15) is 36.0 Å². The topological polar surface area (TPSA) is 92.5 Å². The third kappa shape index (κ3) is 3.96. The summed E-state index contributed by atoms with van der Waals surface area (Å²) in [4.78, 5) is 18.7. The van der Waals surface area contributed by atoms with Gasteiger partial charge in [0.2, 0.25) is 5.89 Å². The fourth-order valence-electron chi connectivity index (χ4n) is 2.98. The van der Waals surface area contributed by atoms with E-state index in [1.807, 2.05) is 19.1 Å². The Hall–Kier alpha value is -2.61. The summed E-state index contributed by atoms with van der Waals surface area (Å²) in [7, 11) is 0. The molecule has 1 aromatic carbocycles. The second kappa shape index (κ2) is 7.33. The summed E-state index contributed by atoms with van der Waals surface area (Å²) < 4.78 is 10.5. The number of benzene rings is 1. The van der Waals surface area contributed by atoms with Gasteiger partial charge in [0.05, 0.1) is 19.8 Å². The van der Waals surface area contributed by atoms with Crippen molar-refractivity contribution < 1.29 is 14.1 Å². The average molecular weight is 357 g/mol. The van der Waals surface area contributed by atoms with Crippen molar-refractivity contribution in [1.29, 1.82) is 0 Å². The molecule has 0 spiro atoms. The van der Waals surface area contributed by atoms with Gasteiger partial charge in [-0.25, -0.2) is 4.79 Å². The van der Waals surface area contributed by atoms with Gasteiger partial charge in [0.25, 0.3) is 0 Å². The summed E-state index contributed by atoms with van der Waals surface area (Å²) in [5.74, 6) is 1.62. The Labute approximate surface area is 151 Å². The summed E-state index contributed by atoms with van der Waals surface area (Å²) in [5, 5.41) is 9.56. The number of ether oxygens (including phenoxy) is 1. The van der Waals surface area contributed by atoms with Gasteiger partial charge in [0, 0.05) is 30.4 Å². The molecule has 138 valence electrons. The molecule has 8 heteroatoms. The molecule has 2 amide bonds. The van der Waals surface area contributed by atoms with Crippen LogP contribution in [0, 0.1) is 6.92 Å². The average Bonchev–Trinajstić information content (AvgIpc) is 3.41. The molecule has 2 aromatic rings. The second-order valence-corrected chi connectivity index (χ2v) is 6.73. The highest BCUT2D eigenvalue weighted by molar-refractivity contribution is 5.90. The van der Waals surface area contributed by atoms with Gasteiger partial charge in [-0.2, -0.15) is 4.98 Å². The summed E-state index contributed by atoms with van der Waals surface area (Å²) in [5.41, 5.74) is 2.94. The van der Waals surface area contributed by atoms with Crippen molar-refractivity contribution in [2.75, 3.05) is 36.5 Å². The first kappa shape index (κ1) is 16.8. The molecule has 2 N–H and O–H groups in total. The molecule has 1 saturated heterocycles. The lowest BCUT2D eigenvalue weighted by atomic mass is 10.1. The maximum absolute atomic E-state index is 12.1. The third-order valence-electron chi connectivity index (χ3n) is 4.66. The molecule has 4 rings (SSSR count). The number of rotatable bonds is 5. The van der Waals surface area contributed by atoms with Crippen molar-refractivity contribution in [3.8, 4) is 0 Å². The molecule has 1 aliphatic heterocycles. The van der Waals surface area contributed by atoms with Crippen molar-refractivity contribution in [2.45, 2.75) is 32.2 Å². The van der Waals surface area contributed by atoms with Gasteiger partial charge in [-0.1, -0.05) is 5.16 Å². The summed E-state index contributed by atoms with van der Waals surface area (Å²) in [6.07, 6.45) is 2.24. The van der Waals surface area contributed by atoms with Gasteiger partial charge in [-0.15, -0.1) is 0 Å². The van der Waals surface area contributed by atoms with Crippen LogP contribution in [0.5, 0.6) is 0 Å². The van der Waals surface area contributed by atoms with Crippen LogP contribution in [0.15, 0.2) is 22.7 Å². The number of urea groups is 1. The van der Waals surface area contributed by atoms with Gasteiger partial charge in [-0.3, -0.25) is 0 Å². The van der Waals surface area contributed by atoms with E-state index < -0.39 is 0 Å². The highest BCUT2D eigenvalue weighted by Crippen LogP contribution is 2.38. The van der Waals surface area contributed by atoms with Crippen molar-refractivity contribution in [2.24, 2.45) is 0 Å². The maximum Gasteiger partial charge on any atom is 0.319 e. The molecular formula is C18H23N5O3. The van der Waals surface area contributed by atoms with Crippen LogP contribution in [0.25, 0.3) is 0 Å². The van der Waals surface area contributed by atoms with Crippen LogP contribution >= 0.6 is 0 Å². The van der Waals surface area contributed by atoms with E-state index in [9.17, 15) is 4.79 Å². The lowest BCUT2D eigenvalue weighted by molar-refractivity contribution is 0.122. The van der Waals surface area contributed by atoms with Gasteiger partial charge in [0.1, 0.15) is 0 Å². The maximum atomic E-state index is 12.1. The number of carbonyl (C=O) groups excluding carboxylic acids is 1. The zero-order chi connectivity index (χ0) is 17.9. The Morgan fingerprint density at radius 1 is 1.31 bits per heavy atom. The van der Waals surface area contributed by atoms with Crippen LogP contribution in [0.4, 0.5) is 16.2 Å². The predicted molar refractivity (Wildman–Crippen MR) is 96.3 cm³/mol. The molecule has 0 unspecified atom stereocenters. The van der Waals surface area contributed by atoms with E-state index in [2.05, 4.69) is 31.7 Å². The van der Waals surface area contributed by atoms with Crippen molar-refractivity contribution in [3.63, 3.8) is 0 Å². The normalized spacial score (nSPS) is 17.2. The molecule has 1 aliphatic carbocycles. The first-order chi connectivity index (χ1) is 12.7. The van der Waals surface area contributed by atoms with E-state index in [1.165, 1.54) is 0 Å². The molecular weight excluding hydrogens is 334 g/mol. The fraction of sp³-hybridized carbons (Fsp3) is 0.500. The third-order valence-corrected chi connectivity index (χ3v) is 4.66. The Morgan fingerprint density at radius 3 is 2.85 bits per heavy atom. The number of hydrogen-bond acceptors (Lipinski definition) is 6. The van der Waals surface area contributed by atoms with Gasteiger partial charge < -0.3 is 24.8 Å². The summed E-state index contributed by atoms with van der Waals surface area (Å²) >= 11 is 0. The van der Waals surface area contributed by atoms with Crippen LogP contribution in [-0.4, -0.2) is 42.5 Å². The molecule has 0 atom stereocenters. The first-order valence-electron chi connectivity index (χ1n) is 9.00. The van der Waals surface area contributed by atoms with Gasteiger partial charge >= 0.3 is 6.03 Å². The Balaban J connectivity index is 1.31. The highest BCUT2D eigenvalue weighted by Gasteiger charge is 2.28. The lowest BCUT2D eigenvalue weighted by Gasteiger charge is -2.29. The van der Waals surface area contributed by atoms with Crippen LogP contribution in [0.3, 0.4) is 0 Å². The number of amides is 2. The fourth-order valence-corrected chi connectivity index (χ4v) is 2.98. The first-order valence-corrected chi connectivity index (χ1v) is 9.00. The largest absolute Gasteiger partial charge is 0.378 e. The number of aryl methyl sites for hydroxylation is 1. The minimum Gasteiger partial charge on any atom is -0.378 e. The van der Waals surface area contributed by atoms with E-state index in [-0.39, 0.29) is 12.6 Å². The Morgan fingerprint density at radius 2 is 2.12 bits per heavy atom. The molecule has 2 aliphatic rings. The van der Waals surface area contributed by atoms with Gasteiger partial charge in [0.15, 0.2) is 5.82 Å². The minimum absolute atomic E-state index is 0.219. The monoisotopic (exact) mass is 357 g/mol. The molecule has 0 bridgehead atoms. The van der Waals surface area contributed by atoms with E-state index >= 15 is 0 Å². The molecule has 1 saturated carbocycles. The predicted octanol–water partition coefficient (Wildman–Crippen LogP) is 2.41. The summed E-state index contributed by atoms with van der Waals surface area (Å²) in [6.45, 7) is 5.48. The molecule has 0 radical (unpaired) electrons. The molecule has 8 nitrogen and oxygen atoms in total. The highest BCUT2D eigenvalue weighted by atomic mass is 16.5. The number of morpholine rings is 1. The number of nitrogens with one attached hydrogen (secondary N) is 2. The number of nitrogens with zero attached hydrogens (tertiary/aromatic N) is 3. The minimum atomic E-state index is -0.293. The van der Waals surface area contributed by atoms with E-state index in [0.717, 1.165) is 61.9 Å². The van der Waals surface area contributed by atoms with E-state index in [4.69, 9.17) is 9.26 Å². The zero-order valence-corrected chi connectivity index (χ0v) is 14.8. The number of aromatic nitrogens is 2. The Kier molecular flexibility index (Phi) is 4.75. The van der Waals surface area contributed by atoms with Crippen molar-refractivity contribution in [3.05, 3.63) is 35.5 Å². The molecule has 2 fully saturated rings. The zero-order valence-electron chi connectivity index (χ0n) is 14.8. The summed E-state index contributed by atoms with van der Waals surface area (Å²) in [6, 6.07) is 5.74. The van der Waals surface area contributed by atoms with Gasteiger partial charge in [-0.05, 0) is 43.5 Å². The smallest absolute Gasteiger partial charge is 0.319 e. The van der Waals surface area contributed by atoms with E-state index in [0.29, 0.717) is 11.8 Å². The molecule has 1 aromatic heterocycles. The van der Waals surface area contributed by atoms with Crippen molar-refractivity contribution in [1.82, 2.24) is 15.5 Å². The van der Waals surface area contributed by atoms with Crippen LogP contribution in [-0.2, 0) is 11.3 Å². The number of carbonyl (C=O) groups is 1. The Bertz CT molecular complexity index is 781. The molecule has 26 heavy (non-hydrogen) atoms. The lowest BCUT2D eigenvalue weighted by Crippen LogP contribution is -2.36. The standard InChI is InChI=1S/C18H23N5O3/c1-12-10-14(23-6-8-25-9-7-23)4-5-15(12)20-18(24)19-11-16-21-17(22-26-16)13-2-3-13/h4-5,10,13H,2-3,6-9,11H2,1H3,(H2,19,20,24). The van der Waals surface area contributed by atoms with Crippen LogP contribution in [0.2, 0.25) is 0 Å². The number of hydrogen-bond donors (Lipinski definition) is 2. The SMILES string of the molecule is Cc1cc(N2CCOCC2)ccc1NC(=O)NCc1nc(C2CC2)no1. The van der Waals surface area contributed by atoms with E-state index in [1.54, 1.807) is 0 Å². The molecule has 2 heterocycles. The second-order valence-electron chi connectivity index (χ2n) is 6.73. The quantitative estimate of drug-likeness (QED) is 0.854. The van der Waals surface area contributed by atoms with Crippen LogP contribution < -0.4 is 15.5 Å². The van der Waals surface area contributed by atoms with Crippen molar-refractivity contribution >= 4 is 17.4 Å². The number of anilines is 2.